The van der Waals surface area contributed by atoms with E-state index in [0.29, 0.717) is 28.4 Å². The van der Waals surface area contributed by atoms with Crippen molar-refractivity contribution in [1.29, 1.82) is 0 Å². The van der Waals surface area contributed by atoms with Gasteiger partial charge >= 0.3 is 6.03 Å². The molecule has 37 heavy (non-hydrogen) atoms. The number of methoxy groups -OCH3 is 1. The van der Waals surface area contributed by atoms with Crippen molar-refractivity contribution in [2.45, 2.75) is 13.8 Å². The summed E-state index contributed by atoms with van der Waals surface area (Å²) >= 11 is 0. The molecule has 0 radical (unpaired) electrons. The number of rotatable bonds is 7. The number of amides is 5. The molecule has 188 valence electrons. The number of carbonyl (C=O) groups is 4. The first-order chi connectivity index (χ1) is 17.8. The first kappa shape index (κ1) is 25.2. The number of hydrogen-bond acceptors (Lipinski definition) is 6. The van der Waals surface area contributed by atoms with E-state index >= 15 is 0 Å². The minimum atomic E-state index is -0.821. The summed E-state index contributed by atoms with van der Waals surface area (Å²) in [5, 5.41) is 4.97. The third-order valence-electron chi connectivity index (χ3n) is 5.76. The Kier molecular flexibility index (Phi) is 7.34. The molecule has 1 heterocycles. The summed E-state index contributed by atoms with van der Waals surface area (Å²) in [6, 6.07) is 17.8. The van der Waals surface area contributed by atoms with Crippen molar-refractivity contribution in [2.24, 2.45) is 0 Å². The molecular formula is C28H25N3O6. The van der Waals surface area contributed by atoms with E-state index in [2.05, 4.69) is 10.6 Å². The summed E-state index contributed by atoms with van der Waals surface area (Å²) in [6.07, 6.45) is 1.36. The van der Waals surface area contributed by atoms with E-state index in [1.165, 1.54) is 13.2 Å². The van der Waals surface area contributed by atoms with Crippen LogP contribution in [0.3, 0.4) is 0 Å². The molecule has 0 bridgehead atoms. The van der Waals surface area contributed by atoms with Gasteiger partial charge in [0.1, 0.15) is 5.57 Å². The number of barbiturate groups is 1. The van der Waals surface area contributed by atoms with Crippen molar-refractivity contribution < 1.29 is 28.7 Å². The van der Waals surface area contributed by atoms with Gasteiger partial charge in [-0.1, -0.05) is 30.3 Å². The van der Waals surface area contributed by atoms with Gasteiger partial charge in [-0.2, -0.15) is 0 Å². The van der Waals surface area contributed by atoms with Gasteiger partial charge in [0, 0.05) is 5.69 Å². The highest BCUT2D eigenvalue weighted by atomic mass is 16.5. The number of carbonyl (C=O) groups excluding carboxylic acids is 4. The van der Waals surface area contributed by atoms with Gasteiger partial charge in [0.2, 0.25) is 0 Å². The van der Waals surface area contributed by atoms with Gasteiger partial charge in [0.05, 0.1) is 12.8 Å². The number of anilines is 2. The molecule has 2 N–H and O–H groups in total. The maximum atomic E-state index is 13.0. The van der Waals surface area contributed by atoms with Crippen molar-refractivity contribution in [3.05, 3.63) is 89.0 Å². The molecule has 1 aliphatic heterocycles. The third-order valence-corrected chi connectivity index (χ3v) is 5.76. The second-order valence-corrected chi connectivity index (χ2v) is 8.34. The summed E-state index contributed by atoms with van der Waals surface area (Å²) < 4.78 is 11.0. The standard InChI is InChI=1S/C28H25N3O6/c1-17-9-11-20(13-18(17)2)29-25(32)16-37-23-12-10-19(15-24(23)36-3)14-22-26(33)30-28(35)31(27(22)34)21-7-5-4-6-8-21/h4-15H,16H2,1-3H3,(H,29,32)(H,30,33,35)/b22-14-. The molecule has 4 rings (SSSR count). The molecule has 0 spiro atoms. The summed E-state index contributed by atoms with van der Waals surface area (Å²) in [5.74, 6) is -1.29. The van der Waals surface area contributed by atoms with Gasteiger partial charge in [-0.25, -0.2) is 9.69 Å². The monoisotopic (exact) mass is 499 g/mol. The number of imide groups is 2. The van der Waals surface area contributed by atoms with E-state index in [1.807, 2.05) is 32.0 Å². The Labute approximate surface area is 213 Å². The van der Waals surface area contributed by atoms with Crippen LogP contribution in [-0.4, -0.2) is 37.5 Å². The molecule has 9 nitrogen and oxygen atoms in total. The zero-order valence-electron chi connectivity index (χ0n) is 20.5. The SMILES string of the molecule is COc1cc(/C=C2/C(=O)NC(=O)N(c3ccccc3)C2=O)ccc1OCC(=O)Nc1ccc(C)c(C)c1. The Hall–Kier alpha value is -4.92. The Balaban J connectivity index is 1.49. The lowest BCUT2D eigenvalue weighted by Gasteiger charge is -2.26. The molecule has 3 aromatic rings. The second-order valence-electron chi connectivity index (χ2n) is 8.34. The number of para-hydroxylation sites is 1. The van der Waals surface area contributed by atoms with Gasteiger partial charge in [-0.05, 0) is 73.0 Å². The number of ether oxygens (including phenoxy) is 2. The van der Waals surface area contributed by atoms with Crippen molar-refractivity contribution in [3.63, 3.8) is 0 Å². The minimum Gasteiger partial charge on any atom is -0.493 e. The van der Waals surface area contributed by atoms with Gasteiger partial charge in [0.25, 0.3) is 17.7 Å². The topological polar surface area (TPSA) is 114 Å². The van der Waals surface area contributed by atoms with E-state index in [9.17, 15) is 19.2 Å². The molecule has 0 aliphatic carbocycles. The van der Waals surface area contributed by atoms with Crippen LogP contribution >= 0.6 is 0 Å². The fourth-order valence-electron chi connectivity index (χ4n) is 3.69. The van der Waals surface area contributed by atoms with Gasteiger partial charge < -0.3 is 14.8 Å². The Morgan fingerprint density at radius 1 is 0.946 bits per heavy atom. The molecule has 0 unspecified atom stereocenters. The predicted octanol–water partition coefficient (Wildman–Crippen LogP) is 4.00. The van der Waals surface area contributed by atoms with Crippen molar-refractivity contribution in [2.75, 3.05) is 23.9 Å². The maximum Gasteiger partial charge on any atom is 0.335 e. The van der Waals surface area contributed by atoms with Gasteiger partial charge in [-0.15, -0.1) is 0 Å². The quantitative estimate of drug-likeness (QED) is 0.375. The van der Waals surface area contributed by atoms with Crippen LogP contribution in [0.1, 0.15) is 16.7 Å². The molecule has 1 aliphatic rings. The van der Waals surface area contributed by atoms with Crippen LogP contribution in [0, 0.1) is 13.8 Å². The highest BCUT2D eigenvalue weighted by Gasteiger charge is 2.36. The van der Waals surface area contributed by atoms with Crippen molar-refractivity contribution >= 4 is 41.2 Å². The second kappa shape index (κ2) is 10.8. The summed E-state index contributed by atoms with van der Waals surface area (Å²) in [7, 11) is 1.43. The van der Waals surface area contributed by atoms with Crippen LogP contribution in [-0.2, 0) is 14.4 Å². The van der Waals surface area contributed by atoms with Crippen molar-refractivity contribution in [3.8, 4) is 11.5 Å². The minimum absolute atomic E-state index is 0.216. The van der Waals surface area contributed by atoms with E-state index in [1.54, 1.807) is 48.5 Å². The van der Waals surface area contributed by atoms with Crippen LogP contribution in [0.15, 0.2) is 72.3 Å². The van der Waals surface area contributed by atoms with Crippen LogP contribution in [0.5, 0.6) is 11.5 Å². The smallest absolute Gasteiger partial charge is 0.335 e. The fourth-order valence-corrected chi connectivity index (χ4v) is 3.69. The number of nitrogens with zero attached hydrogens (tertiary/aromatic N) is 1. The molecule has 0 saturated carbocycles. The fraction of sp³-hybridized carbons (Fsp3) is 0.143. The average molecular weight is 500 g/mol. The van der Waals surface area contributed by atoms with E-state index in [4.69, 9.17) is 9.47 Å². The number of hydrogen-bond donors (Lipinski definition) is 2. The summed E-state index contributed by atoms with van der Waals surface area (Å²) in [4.78, 5) is 51.0. The molecule has 1 fully saturated rings. The predicted molar refractivity (Wildman–Crippen MR) is 138 cm³/mol. The summed E-state index contributed by atoms with van der Waals surface area (Å²) in [6.45, 7) is 3.70. The lowest BCUT2D eigenvalue weighted by atomic mass is 10.1. The normalized spacial score (nSPS) is 14.4. The van der Waals surface area contributed by atoms with Crippen LogP contribution in [0.25, 0.3) is 6.08 Å². The van der Waals surface area contributed by atoms with E-state index in [0.717, 1.165) is 16.0 Å². The van der Waals surface area contributed by atoms with Crippen molar-refractivity contribution in [1.82, 2.24) is 5.32 Å². The Morgan fingerprint density at radius 2 is 1.70 bits per heavy atom. The first-order valence-corrected chi connectivity index (χ1v) is 11.4. The van der Waals surface area contributed by atoms with E-state index in [-0.39, 0.29) is 18.1 Å². The molecular weight excluding hydrogens is 474 g/mol. The van der Waals surface area contributed by atoms with Crippen LogP contribution in [0.2, 0.25) is 0 Å². The van der Waals surface area contributed by atoms with Gasteiger partial charge in [-0.3, -0.25) is 19.7 Å². The maximum absolute atomic E-state index is 13.0. The molecule has 1 saturated heterocycles. The zero-order valence-corrected chi connectivity index (χ0v) is 20.5. The highest BCUT2D eigenvalue weighted by molar-refractivity contribution is 6.39. The number of nitrogens with one attached hydrogen (secondary N) is 2. The third kappa shape index (κ3) is 5.67. The largest absolute Gasteiger partial charge is 0.493 e. The zero-order chi connectivity index (χ0) is 26.5. The molecule has 3 aromatic carbocycles. The number of urea groups is 1. The van der Waals surface area contributed by atoms with E-state index < -0.39 is 17.8 Å². The lowest BCUT2D eigenvalue weighted by Crippen LogP contribution is -2.54. The van der Waals surface area contributed by atoms with Crippen LogP contribution in [0.4, 0.5) is 16.2 Å². The highest BCUT2D eigenvalue weighted by Crippen LogP contribution is 2.30. The molecule has 0 atom stereocenters. The van der Waals surface area contributed by atoms with Crippen LogP contribution < -0.4 is 25.0 Å². The summed E-state index contributed by atoms with van der Waals surface area (Å²) in [5.41, 5.74) is 3.44. The first-order valence-electron chi connectivity index (χ1n) is 11.4. The number of aryl methyl sites for hydroxylation is 2. The molecule has 0 aromatic heterocycles. The Morgan fingerprint density at radius 3 is 2.41 bits per heavy atom. The average Bonchev–Trinajstić information content (AvgIpc) is 2.88. The lowest BCUT2D eigenvalue weighted by molar-refractivity contribution is -0.122. The van der Waals surface area contributed by atoms with Gasteiger partial charge in [0.15, 0.2) is 18.1 Å². The molecule has 9 heteroatoms. The molecule has 5 amide bonds. The number of benzene rings is 3. The Bertz CT molecular complexity index is 1410.